The van der Waals surface area contributed by atoms with Crippen molar-refractivity contribution in [3.63, 3.8) is 0 Å². The number of nitrogens with zero attached hydrogens (tertiary/aromatic N) is 1. The molecule has 0 aliphatic rings. The Hall–Kier alpha value is -2.85. The van der Waals surface area contributed by atoms with Crippen LogP contribution in [0.1, 0.15) is 15.9 Å². The second-order valence-electron chi connectivity index (χ2n) is 6.04. The van der Waals surface area contributed by atoms with Gasteiger partial charge in [-0.05, 0) is 48.1 Å². The Morgan fingerprint density at radius 2 is 1.77 bits per heavy atom. The van der Waals surface area contributed by atoms with Gasteiger partial charge < -0.3 is 4.42 Å². The molecule has 0 unspecified atom stereocenters. The largest absolute Gasteiger partial charge is 0.436 e. The molecule has 4 heteroatoms. The van der Waals surface area contributed by atoms with Gasteiger partial charge >= 0.3 is 0 Å². The summed E-state index contributed by atoms with van der Waals surface area (Å²) in [5.74, 6) is 0.574. The minimum absolute atomic E-state index is 0.574. The van der Waals surface area contributed by atoms with Gasteiger partial charge in [-0.15, -0.1) is 11.8 Å². The van der Waals surface area contributed by atoms with E-state index in [0.29, 0.717) is 22.6 Å². The number of benzene rings is 3. The maximum absolute atomic E-state index is 11.3. The molecule has 0 radical (unpaired) electrons. The normalized spacial score (nSPS) is 11.0. The first-order chi connectivity index (χ1) is 12.7. The van der Waals surface area contributed by atoms with Crippen LogP contribution in [0.5, 0.6) is 0 Å². The van der Waals surface area contributed by atoms with E-state index in [4.69, 9.17) is 4.42 Å². The number of oxazole rings is 1. The highest BCUT2D eigenvalue weighted by atomic mass is 32.2. The molecule has 0 aliphatic carbocycles. The minimum Gasteiger partial charge on any atom is -0.436 e. The zero-order valence-electron chi connectivity index (χ0n) is 14.5. The zero-order valence-corrected chi connectivity index (χ0v) is 15.3. The average Bonchev–Trinajstić information content (AvgIpc) is 3.10. The van der Waals surface area contributed by atoms with Crippen molar-refractivity contribution >= 4 is 29.1 Å². The number of carbonyl (C=O) groups excluding carboxylic acids is 1. The molecule has 0 amide bonds. The number of rotatable bonds is 4. The molecule has 0 N–H and O–H groups in total. The maximum atomic E-state index is 11.3. The predicted octanol–water partition coefficient (Wildman–Crippen LogP) is 6.00. The Labute approximate surface area is 156 Å². The molecule has 0 bridgehead atoms. The summed E-state index contributed by atoms with van der Waals surface area (Å²) in [6.45, 7) is 2.08. The molecule has 0 saturated heterocycles. The third-order valence-electron chi connectivity index (χ3n) is 4.52. The lowest BCUT2D eigenvalue weighted by atomic mass is 9.96. The summed E-state index contributed by atoms with van der Waals surface area (Å²) in [5, 5.41) is 0. The lowest BCUT2D eigenvalue weighted by Gasteiger charge is -2.09. The number of hydrogen-bond donors (Lipinski definition) is 0. The van der Waals surface area contributed by atoms with Crippen LogP contribution in [0.3, 0.4) is 0 Å². The van der Waals surface area contributed by atoms with Crippen molar-refractivity contribution in [1.82, 2.24) is 4.98 Å². The van der Waals surface area contributed by atoms with Crippen molar-refractivity contribution in [3.8, 4) is 22.6 Å². The second kappa shape index (κ2) is 6.81. The molecule has 1 aromatic heterocycles. The monoisotopic (exact) mass is 359 g/mol. The summed E-state index contributed by atoms with van der Waals surface area (Å²) in [4.78, 5) is 16.8. The van der Waals surface area contributed by atoms with Gasteiger partial charge in [-0.3, -0.25) is 4.79 Å². The molecule has 3 aromatic carbocycles. The van der Waals surface area contributed by atoms with E-state index < -0.39 is 0 Å². The highest BCUT2D eigenvalue weighted by Crippen LogP contribution is 2.34. The number of fused-ring (bicyclic) bond motifs is 1. The van der Waals surface area contributed by atoms with Crippen LogP contribution in [-0.4, -0.2) is 17.5 Å². The van der Waals surface area contributed by atoms with Crippen LogP contribution in [0, 0.1) is 6.92 Å². The Bertz CT molecular complexity index is 1100. The fourth-order valence-electron chi connectivity index (χ4n) is 3.15. The number of aromatic nitrogens is 1. The number of carbonyl (C=O) groups is 1. The average molecular weight is 359 g/mol. The van der Waals surface area contributed by atoms with Crippen LogP contribution in [0.4, 0.5) is 0 Å². The molecule has 0 saturated carbocycles. The van der Waals surface area contributed by atoms with Crippen LogP contribution < -0.4 is 0 Å². The van der Waals surface area contributed by atoms with Crippen LogP contribution in [0.2, 0.25) is 0 Å². The molecule has 26 heavy (non-hydrogen) atoms. The van der Waals surface area contributed by atoms with Crippen molar-refractivity contribution in [2.24, 2.45) is 0 Å². The fourth-order valence-corrected chi connectivity index (χ4v) is 3.72. The lowest BCUT2D eigenvalue weighted by molar-refractivity contribution is 0.112. The van der Waals surface area contributed by atoms with Gasteiger partial charge in [0.2, 0.25) is 5.89 Å². The third-order valence-corrected chi connectivity index (χ3v) is 5.31. The van der Waals surface area contributed by atoms with Crippen LogP contribution in [0.25, 0.3) is 33.7 Å². The Morgan fingerprint density at radius 1 is 1.00 bits per heavy atom. The highest BCUT2D eigenvalue weighted by Gasteiger charge is 2.15. The van der Waals surface area contributed by atoms with Crippen molar-refractivity contribution in [1.29, 1.82) is 0 Å². The van der Waals surface area contributed by atoms with E-state index in [0.717, 1.165) is 33.4 Å². The van der Waals surface area contributed by atoms with Crippen molar-refractivity contribution in [2.75, 3.05) is 6.26 Å². The summed E-state index contributed by atoms with van der Waals surface area (Å²) in [6.07, 6.45) is 2.81. The van der Waals surface area contributed by atoms with E-state index in [1.54, 1.807) is 6.07 Å². The van der Waals surface area contributed by atoms with Gasteiger partial charge in [0.15, 0.2) is 11.9 Å². The number of aldehydes is 1. The van der Waals surface area contributed by atoms with Crippen molar-refractivity contribution in [2.45, 2.75) is 11.8 Å². The minimum atomic E-state index is 0.574. The van der Waals surface area contributed by atoms with Crippen molar-refractivity contribution < 1.29 is 9.21 Å². The summed E-state index contributed by atoms with van der Waals surface area (Å²) >= 11 is 1.52. The summed E-state index contributed by atoms with van der Waals surface area (Å²) < 4.78 is 6.03. The molecule has 0 fully saturated rings. The predicted molar refractivity (Wildman–Crippen MR) is 107 cm³/mol. The third kappa shape index (κ3) is 2.82. The summed E-state index contributed by atoms with van der Waals surface area (Å²) in [6, 6.07) is 20.1. The SMILES string of the molecule is CSc1cc2oc(-c3cccc(-c4ccccc4)c3C)nc2cc1C=O. The molecule has 128 valence electrons. The van der Waals surface area contributed by atoms with E-state index >= 15 is 0 Å². The van der Waals surface area contributed by atoms with Crippen LogP contribution >= 0.6 is 11.8 Å². The Kier molecular flexibility index (Phi) is 4.35. The number of hydrogen-bond acceptors (Lipinski definition) is 4. The van der Waals surface area contributed by atoms with Gasteiger partial charge in [-0.25, -0.2) is 4.98 Å². The standard InChI is InChI=1S/C22H17NO2S/c1-14-17(15-7-4-3-5-8-15)9-6-10-18(14)22-23-19-11-16(13-24)21(26-2)12-20(19)25-22/h3-13H,1-2H3. The summed E-state index contributed by atoms with van der Waals surface area (Å²) in [5.41, 5.74) is 6.43. The highest BCUT2D eigenvalue weighted by molar-refractivity contribution is 7.98. The van der Waals surface area contributed by atoms with Crippen molar-refractivity contribution in [3.05, 3.63) is 71.8 Å². The molecular weight excluding hydrogens is 342 g/mol. The molecular formula is C22H17NO2S. The molecule has 1 heterocycles. The molecule has 0 atom stereocenters. The van der Waals surface area contributed by atoms with Crippen LogP contribution in [-0.2, 0) is 0 Å². The first-order valence-corrected chi connectivity index (χ1v) is 9.53. The smallest absolute Gasteiger partial charge is 0.227 e. The first kappa shape index (κ1) is 16.6. The van der Waals surface area contributed by atoms with Gasteiger partial charge in [-0.2, -0.15) is 0 Å². The molecule has 4 rings (SSSR count). The van der Waals surface area contributed by atoms with Gasteiger partial charge in [0.1, 0.15) is 5.52 Å². The van der Waals surface area contributed by atoms with E-state index in [1.807, 2.05) is 42.7 Å². The molecule has 0 aliphatic heterocycles. The van der Waals surface area contributed by atoms with Gasteiger partial charge in [0.25, 0.3) is 0 Å². The summed E-state index contributed by atoms with van der Waals surface area (Å²) in [7, 11) is 0. The second-order valence-corrected chi connectivity index (χ2v) is 6.89. The van der Waals surface area contributed by atoms with E-state index in [-0.39, 0.29) is 0 Å². The molecule has 4 aromatic rings. The molecule has 0 spiro atoms. The Balaban J connectivity index is 1.87. The lowest BCUT2D eigenvalue weighted by Crippen LogP contribution is -1.88. The quantitative estimate of drug-likeness (QED) is 0.331. The van der Waals surface area contributed by atoms with E-state index in [1.165, 1.54) is 11.8 Å². The zero-order chi connectivity index (χ0) is 18.1. The van der Waals surface area contributed by atoms with E-state index in [2.05, 4.69) is 30.1 Å². The Morgan fingerprint density at radius 3 is 2.50 bits per heavy atom. The maximum Gasteiger partial charge on any atom is 0.227 e. The number of thioether (sulfide) groups is 1. The van der Waals surface area contributed by atoms with Gasteiger partial charge in [0.05, 0.1) is 0 Å². The van der Waals surface area contributed by atoms with Gasteiger partial charge in [-0.1, -0.05) is 42.5 Å². The first-order valence-electron chi connectivity index (χ1n) is 8.30. The molecule has 3 nitrogen and oxygen atoms in total. The van der Waals surface area contributed by atoms with Gasteiger partial charge in [0, 0.05) is 16.0 Å². The van der Waals surface area contributed by atoms with E-state index in [9.17, 15) is 4.79 Å². The fraction of sp³-hybridized carbons (Fsp3) is 0.0909. The van der Waals surface area contributed by atoms with Crippen LogP contribution in [0.15, 0.2) is 70.0 Å². The topological polar surface area (TPSA) is 43.1 Å².